The van der Waals surface area contributed by atoms with Crippen molar-refractivity contribution in [3.63, 3.8) is 0 Å². The minimum absolute atomic E-state index is 0.00952. The summed E-state index contributed by atoms with van der Waals surface area (Å²) < 4.78 is 70.8. The molecule has 0 radical (unpaired) electrons. The monoisotopic (exact) mass is 1300 g/mol. The van der Waals surface area contributed by atoms with Gasteiger partial charge in [0.2, 0.25) is 0 Å². The molecule has 2 N–H and O–H groups in total. The second kappa shape index (κ2) is 62.5. The summed E-state index contributed by atoms with van der Waals surface area (Å²) in [7, 11) is -4.77. The molecule has 0 aromatic carbocycles. The van der Waals surface area contributed by atoms with Gasteiger partial charge in [-0.15, -0.1) is 0 Å². The average Bonchev–Trinajstić information content (AvgIpc) is 0.890. The molecule has 1 heterocycles. The molecule has 6 atom stereocenters. The Balaban J connectivity index is 3.14. The number of aliphatic hydroxyl groups is 1. The van der Waals surface area contributed by atoms with Crippen molar-refractivity contribution >= 4 is 34.0 Å². The van der Waals surface area contributed by atoms with E-state index in [1.807, 2.05) is 0 Å². The normalized spacial score (nSPS) is 17.2. The maximum Gasteiger partial charge on any atom is 0.306 e. The molecule has 14 nitrogen and oxygen atoms in total. The first-order valence-corrected chi connectivity index (χ1v) is 39.7. The van der Waals surface area contributed by atoms with Crippen molar-refractivity contribution in [2.24, 2.45) is 0 Å². The summed E-state index contributed by atoms with van der Waals surface area (Å²) in [4.78, 5) is 54.1. The Morgan fingerprint density at radius 2 is 0.678 bits per heavy atom. The Labute approximate surface area is 552 Å². The van der Waals surface area contributed by atoms with Gasteiger partial charge in [-0.3, -0.25) is 23.7 Å². The number of unbranched alkanes of at least 4 members (excludes halogenated alkanes) is 47. The molecular formula is C75H140O14S. The predicted octanol–water partition coefficient (Wildman–Crippen LogP) is 20.7. The number of esters is 4. The van der Waals surface area contributed by atoms with E-state index in [0.29, 0.717) is 25.7 Å². The van der Waals surface area contributed by atoms with E-state index in [1.54, 1.807) is 0 Å². The highest BCUT2D eigenvalue weighted by atomic mass is 32.2. The SMILES string of the molecule is CCCCCCCC/C=C\CCCCCCCC(=O)OCC(COC1OC(CS(=O)(=O)O)C(O)C(OC(=O)CCCCCCCCCCCCCCC)C1OC(=O)CCCCCCCCCCCCCCC)OC(=O)CCCCCCCCCCCCCCC. The second-order valence-corrected chi connectivity index (χ2v) is 28.1. The highest BCUT2D eigenvalue weighted by Crippen LogP contribution is 2.30. The molecule has 1 aliphatic rings. The molecule has 90 heavy (non-hydrogen) atoms. The first kappa shape index (κ1) is 85.4. The molecule has 0 bridgehead atoms. The highest BCUT2D eigenvalue weighted by molar-refractivity contribution is 7.85. The number of carbonyl (C=O) groups excluding carboxylic acids is 4. The third kappa shape index (κ3) is 53.7. The average molecular weight is 1300 g/mol. The topological polar surface area (TPSA) is 198 Å². The fourth-order valence-corrected chi connectivity index (χ4v) is 12.8. The van der Waals surface area contributed by atoms with Gasteiger partial charge in [0, 0.05) is 25.7 Å². The summed E-state index contributed by atoms with van der Waals surface area (Å²) in [6.45, 7) is 8.15. The molecular weight excluding hydrogens is 1160 g/mol. The number of ether oxygens (including phenoxy) is 6. The van der Waals surface area contributed by atoms with Gasteiger partial charge in [-0.2, -0.15) is 8.42 Å². The number of allylic oxidation sites excluding steroid dienone is 2. The van der Waals surface area contributed by atoms with Crippen molar-refractivity contribution in [1.29, 1.82) is 0 Å². The van der Waals surface area contributed by atoms with E-state index in [9.17, 15) is 37.3 Å². The van der Waals surface area contributed by atoms with Crippen LogP contribution in [0, 0.1) is 0 Å². The van der Waals surface area contributed by atoms with E-state index < -0.39 is 83.2 Å². The van der Waals surface area contributed by atoms with Crippen LogP contribution in [-0.2, 0) is 57.7 Å². The first-order chi connectivity index (χ1) is 43.8. The van der Waals surface area contributed by atoms with Crippen LogP contribution in [0.5, 0.6) is 0 Å². The maximum atomic E-state index is 13.8. The van der Waals surface area contributed by atoms with Gasteiger partial charge in [0.1, 0.15) is 24.6 Å². The Bertz CT molecular complexity index is 1790. The Morgan fingerprint density at radius 1 is 0.389 bits per heavy atom. The van der Waals surface area contributed by atoms with Crippen molar-refractivity contribution in [1.82, 2.24) is 0 Å². The highest BCUT2D eigenvalue weighted by Gasteiger charge is 2.51. The van der Waals surface area contributed by atoms with Crippen LogP contribution >= 0.6 is 0 Å². The molecule has 0 aromatic heterocycles. The quantitative estimate of drug-likeness (QED) is 0.0192. The number of carbonyl (C=O) groups is 4. The minimum atomic E-state index is -4.77. The van der Waals surface area contributed by atoms with E-state index in [2.05, 4.69) is 39.8 Å². The zero-order valence-electron chi connectivity index (χ0n) is 58.5. The summed E-state index contributed by atoms with van der Waals surface area (Å²) >= 11 is 0. The molecule has 1 aliphatic heterocycles. The van der Waals surface area contributed by atoms with Crippen LogP contribution in [0.1, 0.15) is 387 Å². The van der Waals surface area contributed by atoms with Gasteiger partial charge in [-0.05, 0) is 51.4 Å². The number of hydrogen-bond donors (Lipinski definition) is 2. The Kier molecular flexibility index (Phi) is 59.3. The number of hydrogen-bond acceptors (Lipinski definition) is 13. The summed E-state index contributed by atoms with van der Waals surface area (Å²) in [6, 6.07) is 0. The Hall–Kier alpha value is -2.59. The molecule has 0 spiro atoms. The summed E-state index contributed by atoms with van der Waals surface area (Å²) in [6.07, 6.45) is 54.4. The van der Waals surface area contributed by atoms with Crippen molar-refractivity contribution in [3.8, 4) is 0 Å². The van der Waals surface area contributed by atoms with Crippen LogP contribution in [0.2, 0.25) is 0 Å². The molecule has 15 heteroatoms. The third-order valence-corrected chi connectivity index (χ3v) is 18.5. The molecule has 0 aliphatic carbocycles. The lowest BCUT2D eigenvalue weighted by Gasteiger charge is -2.43. The van der Waals surface area contributed by atoms with E-state index in [4.69, 9.17) is 28.4 Å². The lowest BCUT2D eigenvalue weighted by atomic mass is 9.99. The smallest absolute Gasteiger partial charge is 0.306 e. The van der Waals surface area contributed by atoms with Crippen molar-refractivity contribution in [2.75, 3.05) is 19.0 Å². The van der Waals surface area contributed by atoms with E-state index in [0.717, 1.165) is 109 Å². The van der Waals surface area contributed by atoms with Gasteiger partial charge in [-0.1, -0.05) is 322 Å². The summed E-state index contributed by atoms with van der Waals surface area (Å²) in [5.74, 6) is -3.37. The van der Waals surface area contributed by atoms with Crippen LogP contribution in [0.25, 0.3) is 0 Å². The Morgan fingerprint density at radius 3 is 1.01 bits per heavy atom. The van der Waals surface area contributed by atoms with Crippen LogP contribution in [0.4, 0.5) is 0 Å². The van der Waals surface area contributed by atoms with Gasteiger partial charge in [0.15, 0.2) is 24.6 Å². The van der Waals surface area contributed by atoms with Gasteiger partial charge < -0.3 is 33.5 Å². The lowest BCUT2D eigenvalue weighted by molar-refractivity contribution is -0.302. The van der Waals surface area contributed by atoms with Crippen molar-refractivity contribution in [3.05, 3.63) is 12.2 Å². The predicted molar refractivity (Wildman–Crippen MR) is 368 cm³/mol. The lowest BCUT2D eigenvalue weighted by Crippen LogP contribution is -2.62. The van der Waals surface area contributed by atoms with Gasteiger partial charge in [-0.25, -0.2) is 0 Å². The van der Waals surface area contributed by atoms with E-state index in [-0.39, 0.29) is 32.3 Å². The van der Waals surface area contributed by atoms with Crippen molar-refractivity contribution in [2.45, 2.75) is 424 Å². The summed E-state index contributed by atoms with van der Waals surface area (Å²) in [5.41, 5.74) is 0. The zero-order chi connectivity index (χ0) is 65.6. The standard InChI is InChI=1S/C75H140O14S/c1-5-9-13-17-21-25-29-33-34-38-39-43-47-51-55-59-68(76)84-63-66(86-69(77)60-56-52-48-44-40-35-30-26-22-18-14-10-6-2)64-85-75-74(89-71(79)62-58-54-50-46-42-37-32-28-24-20-16-12-8-4)73(72(80)67(87-75)65-90(81,82)83)88-70(78)61-57-53-49-45-41-36-31-27-23-19-15-11-7-3/h33-34,66-67,72-75,80H,5-32,35-65H2,1-4H3,(H,81,82,83)/b34-33-. The van der Waals surface area contributed by atoms with E-state index >= 15 is 0 Å². The molecule has 1 saturated heterocycles. The van der Waals surface area contributed by atoms with Gasteiger partial charge in [0.25, 0.3) is 10.1 Å². The van der Waals surface area contributed by atoms with Crippen LogP contribution < -0.4 is 0 Å². The van der Waals surface area contributed by atoms with Gasteiger partial charge in [0.05, 0.1) is 6.61 Å². The second-order valence-electron chi connectivity index (χ2n) is 26.6. The minimum Gasteiger partial charge on any atom is -0.462 e. The third-order valence-electron chi connectivity index (χ3n) is 17.8. The van der Waals surface area contributed by atoms with E-state index in [1.165, 1.54) is 199 Å². The molecule has 0 amide bonds. The van der Waals surface area contributed by atoms with Crippen LogP contribution in [0.15, 0.2) is 12.2 Å². The van der Waals surface area contributed by atoms with Crippen molar-refractivity contribution < 1.29 is 65.7 Å². The zero-order valence-corrected chi connectivity index (χ0v) is 59.4. The summed E-state index contributed by atoms with van der Waals surface area (Å²) in [5, 5.41) is 11.7. The number of rotatable bonds is 67. The largest absolute Gasteiger partial charge is 0.462 e. The fourth-order valence-electron chi connectivity index (χ4n) is 12.1. The first-order valence-electron chi connectivity index (χ1n) is 38.1. The maximum absolute atomic E-state index is 13.8. The molecule has 1 rings (SSSR count). The fraction of sp³-hybridized carbons (Fsp3) is 0.920. The molecule has 1 fully saturated rings. The molecule has 530 valence electrons. The molecule has 6 unspecified atom stereocenters. The van der Waals surface area contributed by atoms with Crippen LogP contribution in [0.3, 0.4) is 0 Å². The molecule has 0 saturated carbocycles. The van der Waals surface area contributed by atoms with Gasteiger partial charge >= 0.3 is 23.9 Å². The molecule has 0 aromatic rings. The van der Waals surface area contributed by atoms with Crippen LogP contribution in [-0.4, -0.2) is 97.7 Å². The number of aliphatic hydroxyl groups excluding tert-OH is 1.